The van der Waals surface area contributed by atoms with Crippen LogP contribution in [0.1, 0.15) is 31.8 Å². The molecular weight excluding hydrogens is 422 g/mol. The lowest BCUT2D eigenvalue weighted by Gasteiger charge is -2.07. The second-order valence-electron chi connectivity index (χ2n) is 7.45. The van der Waals surface area contributed by atoms with Crippen molar-refractivity contribution in [3.8, 4) is 0 Å². The first-order valence-corrected chi connectivity index (χ1v) is 10.8. The van der Waals surface area contributed by atoms with Crippen molar-refractivity contribution in [1.82, 2.24) is 5.43 Å². The lowest BCUT2D eigenvalue weighted by atomic mass is 10.1. The molecule has 34 heavy (non-hydrogen) atoms. The number of carbonyl (C=O) groups is 2. The Bertz CT molecular complexity index is 1300. The first kappa shape index (κ1) is 22.4. The Kier molecular flexibility index (Phi) is 7.39. The normalized spacial score (nSPS) is 11.2. The van der Waals surface area contributed by atoms with Crippen LogP contribution in [0.2, 0.25) is 0 Å². The Morgan fingerprint density at radius 2 is 1.12 bits per heavy atom. The number of nitrogens with one attached hydrogen (secondary N) is 2. The first-order chi connectivity index (χ1) is 16.7. The van der Waals surface area contributed by atoms with Crippen LogP contribution in [0.5, 0.6) is 0 Å². The smallest absolute Gasteiger partial charge is 0.271 e. The maximum Gasteiger partial charge on any atom is 0.271 e. The summed E-state index contributed by atoms with van der Waals surface area (Å²) >= 11 is 0. The third-order valence-corrected chi connectivity index (χ3v) is 5.02. The summed E-state index contributed by atoms with van der Waals surface area (Å²) in [7, 11) is 0. The average molecular weight is 446 g/mol. The molecule has 0 unspecified atom stereocenters. The van der Waals surface area contributed by atoms with E-state index in [0.29, 0.717) is 22.5 Å². The third-order valence-electron chi connectivity index (χ3n) is 5.02. The molecule has 0 atom stereocenters. The summed E-state index contributed by atoms with van der Waals surface area (Å²) in [6, 6.07) is 35.1. The fraction of sp³-hybridized carbons (Fsp3) is 0. The van der Waals surface area contributed by atoms with Gasteiger partial charge in [0.05, 0.1) is 5.71 Å². The number of hydrazone groups is 1. The molecule has 0 aliphatic carbocycles. The molecule has 0 radical (unpaired) electrons. The summed E-state index contributed by atoms with van der Waals surface area (Å²) in [5, 5.41) is 7.18. The molecule has 2 N–H and O–H groups in total. The highest BCUT2D eigenvalue weighted by molar-refractivity contribution is 6.11. The molecule has 0 saturated heterocycles. The van der Waals surface area contributed by atoms with Crippen molar-refractivity contribution in [1.29, 1.82) is 0 Å². The van der Waals surface area contributed by atoms with Crippen molar-refractivity contribution in [3.63, 3.8) is 0 Å². The molecular formula is C29H23N3O2. The lowest BCUT2D eigenvalue weighted by Crippen LogP contribution is -2.19. The van der Waals surface area contributed by atoms with Gasteiger partial charge in [0.15, 0.2) is 0 Å². The van der Waals surface area contributed by atoms with Crippen molar-refractivity contribution in [2.75, 3.05) is 5.32 Å². The number of allylic oxidation sites excluding steroid dienone is 1. The highest BCUT2D eigenvalue weighted by atomic mass is 16.2. The fourth-order valence-electron chi connectivity index (χ4n) is 3.22. The van der Waals surface area contributed by atoms with Gasteiger partial charge < -0.3 is 5.32 Å². The van der Waals surface area contributed by atoms with E-state index in [-0.39, 0.29) is 11.8 Å². The van der Waals surface area contributed by atoms with E-state index < -0.39 is 0 Å². The van der Waals surface area contributed by atoms with E-state index >= 15 is 0 Å². The molecule has 0 heterocycles. The van der Waals surface area contributed by atoms with E-state index in [1.165, 1.54) is 0 Å². The van der Waals surface area contributed by atoms with Crippen molar-refractivity contribution in [2.45, 2.75) is 0 Å². The van der Waals surface area contributed by atoms with Gasteiger partial charge in [0.25, 0.3) is 11.8 Å². The van der Waals surface area contributed by atoms with Gasteiger partial charge in [-0.2, -0.15) is 5.10 Å². The lowest BCUT2D eigenvalue weighted by molar-refractivity contribution is 0.0954. The number of nitrogens with zero attached hydrogens (tertiary/aromatic N) is 1. The maximum absolute atomic E-state index is 12.7. The Labute approximate surface area is 198 Å². The van der Waals surface area contributed by atoms with Gasteiger partial charge in [-0.3, -0.25) is 9.59 Å². The van der Waals surface area contributed by atoms with Crippen LogP contribution < -0.4 is 10.7 Å². The average Bonchev–Trinajstić information content (AvgIpc) is 2.90. The second kappa shape index (κ2) is 11.2. The number of carbonyl (C=O) groups excluding carboxylic acids is 2. The molecule has 4 rings (SSSR count). The Morgan fingerprint density at radius 3 is 1.74 bits per heavy atom. The monoisotopic (exact) mass is 445 g/mol. The van der Waals surface area contributed by atoms with E-state index in [1.54, 1.807) is 36.4 Å². The van der Waals surface area contributed by atoms with Gasteiger partial charge in [0.2, 0.25) is 0 Å². The molecule has 0 aliphatic rings. The van der Waals surface area contributed by atoms with E-state index in [4.69, 9.17) is 0 Å². The molecule has 0 saturated carbocycles. The van der Waals surface area contributed by atoms with Gasteiger partial charge in [0.1, 0.15) is 0 Å². The number of hydrogen-bond acceptors (Lipinski definition) is 3. The number of rotatable bonds is 7. The standard InChI is InChI=1S/C29H23N3O2/c33-28(24-14-8-3-9-15-24)30-26-19-17-25(18-20-26)29(34)32-31-27(23-12-6-2-7-13-23)21-16-22-10-4-1-5-11-22/h1-21H,(H,30,33)(H,32,34)/b21-16+,31-27+. The number of anilines is 1. The SMILES string of the molecule is O=C(N/N=C(\C=C\c1ccccc1)c1ccccc1)c1ccc(NC(=O)c2ccccc2)cc1. The summed E-state index contributed by atoms with van der Waals surface area (Å²) in [5.74, 6) is -0.553. The fourth-order valence-corrected chi connectivity index (χ4v) is 3.22. The van der Waals surface area contributed by atoms with Crippen LogP contribution >= 0.6 is 0 Å². The van der Waals surface area contributed by atoms with Gasteiger partial charge in [0, 0.05) is 22.4 Å². The third kappa shape index (κ3) is 6.14. The topological polar surface area (TPSA) is 70.6 Å². The van der Waals surface area contributed by atoms with Crippen molar-refractivity contribution in [2.24, 2.45) is 5.10 Å². The molecule has 166 valence electrons. The minimum absolute atomic E-state index is 0.208. The zero-order chi connectivity index (χ0) is 23.6. The Balaban J connectivity index is 1.45. The quantitative estimate of drug-likeness (QED) is 0.279. The van der Waals surface area contributed by atoms with Crippen LogP contribution in [0.25, 0.3) is 6.08 Å². The van der Waals surface area contributed by atoms with Gasteiger partial charge in [-0.05, 0) is 48.0 Å². The largest absolute Gasteiger partial charge is 0.322 e. The maximum atomic E-state index is 12.7. The predicted molar refractivity (Wildman–Crippen MR) is 137 cm³/mol. The molecule has 0 aliphatic heterocycles. The summed E-state index contributed by atoms with van der Waals surface area (Å²) < 4.78 is 0. The highest BCUT2D eigenvalue weighted by Gasteiger charge is 2.08. The molecule has 5 heteroatoms. The first-order valence-electron chi connectivity index (χ1n) is 10.8. The Morgan fingerprint density at radius 1 is 0.588 bits per heavy atom. The van der Waals surface area contributed by atoms with Crippen LogP contribution in [0.3, 0.4) is 0 Å². The summed E-state index contributed by atoms with van der Waals surface area (Å²) in [4.78, 5) is 25.0. The number of hydrogen-bond donors (Lipinski definition) is 2. The second-order valence-corrected chi connectivity index (χ2v) is 7.45. The van der Waals surface area contributed by atoms with E-state index in [2.05, 4.69) is 15.8 Å². The van der Waals surface area contributed by atoms with Gasteiger partial charge >= 0.3 is 0 Å². The van der Waals surface area contributed by atoms with Crippen molar-refractivity contribution in [3.05, 3.63) is 144 Å². The molecule has 4 aromatic rings. The van der Waals surface area contributed by atoms with E-state index in [1.807, 2.05) is 91.0 Å². The number of amides is 2. The number of benzene rings is 4. The van der Waals surface area contributed by atoms with Gasteiger partial charge in [-0.1, -0.05) is 84.9 Å². The van der Waals surface area contributed by atoms with Gasteiger partial charge in [-0.15, -0.1) is 0 Å². The summed E-state index contributed by atoms with van der Waals surface area (Å²) in [6.07, 6.45) is 3.81. The molecule has 0 bridgehead atoms. The van der Waals surface area contributed by atoms with E-state index in [0.717, 1.165) is 11.1 Å². The molecule has 5 nitrogen and oxygen atoms in total. The summed E-state index contributed by atoms with van der Waals surface area (Å²) in [6.45, 7) is 0. The highest BCUT2D eigenvalue weighted by Crippen LogP contribution is 2.12. The molecule has 0 fully saturated rings. The van der Waals surface area contributed by atoms with Crippen molar-refractivity contribution >= 4 is 29.3 Å². The Hall–Kier alpha value is -4.77. The van der Waals surface area contributed by atoms with E-state index in [9.17, 15) is 9.59 Å². The zero-order valence-corrected chi connectivity index (χ0v) is 18.4. The van der Waals surface area contributed by atoms with Crippen LogP contribution in [0.4, 0.5) is 5.69 Å². The molecule has 0 spiro atoms. The molecule has 0 aromatic heterocycles. The van der Waals surface area contributed by atoms with Gasteiger partial charge in [-0.25, -0.2) is 5.43 Å². The van der Waals surface area contributed by atoms with Crippen molar-refractivity contribution < 1.29 is 9.59 Å². The zero-order valence-electron chi connectivity index (χ0n) is 18.4. The van der Waals surface area contributed by atoms with Crippen LogP contribution in [-0.2, 0) is 0 Å². The summed E-state index contributed by atoms with van der Waals surface area (Å²) in [5.41, 5.74) is 6.77. The van der Waals surface area contributed by atoms with Crippen LogP contribution in [-0.4, -0.2) is 17.5 Å². The molecule has 2 amide bonds. The molecule has 4 aromatic carbocycles. The predicted octanol–water partition coefficient (Wildman–Crippen LogP) is 5.79. The van der Waals surface area contributed by atoms with Crippen LogP contribution in [0.15, 0.2) is 126 Å². The van der Waals surface area contributed by atoms with Crippen LogP contribution in [0, 0.1) is 0 Å². The minimum Gasteiger partial charge on any atom is -0.322 e. The minimum atomic E-state index is -0.345.